The molecule has 0 spiro atoms. The van der Waals surface area contributed by atoms with Crippen LogP contribution in [0.2, 0.25) is 0 Å². The van der Waals surface area contributed by atoms with Gasteiger partial charge in [0, 0.05) is 43.0 Å². The van der Waals surface area contributed by atoms with Crippen molar-refractivity contribution < 1.29 is 24.3 Å². The fourth-order valence-corrected chi connectivity index (χ4v) is 4.39. The first kappa shape index (κ1) is 30.4. The summed E-state index contributed by atoms with van der Waals surface area (Å²) in [6.45, 7) is 0. The summed E-state index contributed by atoms with van der Waals surface area (Å²) < 4.78 is 0. The number of benzene rings is 1. The third kappa shape index (κ3) is 9.54. The van der Waals surface area contributed by atoms with Crippen LogP contribution in [0.4, 0.5) is 0 Å². The highest BCUT2D eigenvalue weighted by molar-refractivity contribution is 7.98. The maximum atomic E-state index is 13.5. The predicted octanol–water partition coefficient (Wildman–Crippen LogP) is -0.220. The first-order chi connectivity index (χ1) is 19.3. The lowest BCUT2D eigenvalue weighted by Crippen LogP contribution is -2.58. The van der Waals surface area contributed by atoms with E-state index in [1.165, 1.54) is 25.0 Å². The lowest BCUT2D eigenvalue weighted by molar-refractivity contribution is -0.142. The molecule has 0 fully saturated rings. The van der Waals surface area contributed by atoms with Gasteiger partial charge in [-0.1, -0.05) is 30.3 Å². The number of aliphatic carboxylic acids is 1. The van der Waals surface area contributed by atoms with Crippen LogP contribution in [-0.2, 0) is 38.4 Å². The van der Waals surface area contributed by atoms with Crippen LogP contribution in [0.3, 0.4) is 0 Å². The average molecular weight is 571 g/mol. The molecule has 0 aliphatic rings. The summed E-state index contributed by atoms with van der Waals surface area (Å²) in [5.74, 6) is -2.39. The van der Waals surface area contributed by atoms with Gasteiger partial charge in [0.05, 0.1) is 18.7 Å². The van der Waals surface area contributed by atoms with Crippen molar-refractivity contribution in [3.8, 4) is 0 Å². The van der Waals surface area contributed by atoms with E-state index in [9.17, 15) is 24.3 Å². The summed E-state index contributed by atoms with van der Waals surface area (Å²) in [6.07, 6.45) is 8.36. The molecule has 0 aliphatic heterocycles. The summed E-state index contributed by atoms with van der Waals surface area (Å²) in [4.78, 5) is 65.2. The van der Waals surface area contributed by atoms with Crippen molar-refractivity contribution in [1.82, 2.24) is 35.9 Å². The molecular formula is C26H34N8O5S. The fourth-order valence-electron chi connectivity index (χ4n) is 3.90. The number of carbonyl (C=O) groups is 4. The van der Waals surface area contributed by atoms with Gasteiger partial charge in [0.1, 0.15) is 18.1 Å². The average Bonchev–Trinajstić information content (AvgIpc) is 3.65. The predicted molar refractivity (Wildman–Crippen MR) is 149 cm³/mol. The van der Waals surface area contributed by atoms with E-state index in [1.807, 2.05) is 12.3 Å². The number of aromatic nitrogens is 4. The van der Waals surface area contributed by atoms with Crippen LogP contribution in [0, 0.1) is 0 Å². The van der Waals surface area contributed by atoms with E-state index in [2.05, 4.69) is 35.9 Å². The molecule has 8 N–H and O–H groups in total. The van der Waals surface area contributed by atoms with E-state index in [-0.39, 0.29) is 19.3 Å². The van der Waals surface area contributed by atoms with Crippen LogP contribution in [-0.4, -0.2) is 84.9 Å². The second-order valence-electron chi connectivity index (χ2n) is 9.16. The van der Waals surface area contributed by atoms with Crippen LogP contribution in [0.5, 0.6) is 0 Å². The van der Waals surface area contributed by atoms with Gasteiger partial charge in [0.25, 0.3) is 0 Å². The van der Waals surface area contributed by atoms with Crippen molar-refractivity contribution in [2.45, 2.75) is 49.9 Å². The van der Waals surface area contributed by atoms with Crippen molar-refractivity contribution >= 4 is 35.5 Å². The van der Waals surface area contributed by atoms with Crippen molar-refractivity contribution in [2.24, 2.45) is 5.73 Å². The molecule has 1 aromatic carbocycles. The van der Waals surface area contributed by atoms with E-state index in [1.54, 1.807) is 36.0 Å². The molecule has 2 aromatic heterocycles. The van der Waals surface area contributed by atoms with Crippen molar-refractivity contribution in [3.05, 3.63) is 72.3 Å². The van der Waals surface area contributed by atoms with Gasteiger partial charge < -0.3 is 36.8 Å². The maximum absolute atomic E-state index is 13.5. The number of hydrogen-bond donors (Lipinski definition) is 7. The molecule has 2 heterocycles. The quantitative estimate of drug-likeness (QED) is 0.121. The number of nitrogens with one attached hydrogen (secondary N) is 5. The zero-order valence-electron chi connectivity index (χ0n) is 22.0. The molecule has 14 heteroatoms. The summed E-state index contributed by atoms with van der Waals surface area (Å²) in [5, 5.41) is 17.7. The zero-order valence-corrected chi connectivity index (χ0v) is 22.8. The SMILES string of the molecule is CSCCC(N)C(=O)NC(Cc1cnc[nH]1)C(=O)NC(Cc1cnc[nH]1)C(=O)NC(Cc1ccccc1)C(=O)O. The fraction of sp³-hybridized carbons (Fsp3) is 0.385. The van der Waals surface area contributed by atoms with E-state index in [0.29, 0.717) is 23.6 Å². The topological polar surface area (TPSA) is 208 Å². The standard InChI is InChI=1S/C26H34N8O5S/c1-40-8-7-19(27)23(35)32-20(10-17-12-28-14-30-17)24(36)33-21(11-18-13-29-15-31-18)25(37)34-22(26(38)39)9-16-5-3-2-4-6-16/h2-6,12-15,19-22H,7-11,27H2,1H3,(H,28,30)(H,29,31)(H,32,35)(H,33,36)(H,34,37)(H,38,39). The number of imidazole rings is 2. The summed E-state index contributed by atoms with van der Waals surface area (Å²) >= 11 is 1.55. The lowest BCUT2D eigenvalue weighted by atomic mass is 10.0. The van der Waals surface area contributed by atoms with E-state index in [4.69, 9.17) is 5.73 Å². The van der Waals surface area contributed by atoms with E-state index >= 15 is 0 Å². The van der Waals surface area contributed by atoms with Gasteiger partial charge in [-0.2, -0.15) is 11.8 Å². The molecule has 3 rings (SSSR count). The highest BCUT2D eigenvalue weighted by Gasteiger charge is 2.31. The molecule has 0 bridgehead atoms. The van der Waals surface area contributed by atoms with Crippen LogP contribution in [0.25, 0.3) is 0 Å². The Morgan fingerprint density at radius 2 is 1.38 bits per heavy atom. The molecule has 0 radical (unpaired) electrons. The number of H-pyrrole nitrogens is 2. The number of hydrogen-bond acceptors (Lipinski definition) is 8. The Bertz CT molecular complexity index is 1220. The number of nitrogens with zero attached hydrogens (tertiary/aromatic N) is 2. The number of rotatable bonds is 16. The Hall–Kier alpha value is -4.17. The van der Waals surface area contributed by atoms with Crippen LogP contribution < -0.4 is 21.7 Å². The molecule has 4 atom stereocenters. The molecule has 4 unspecified atom stereocenters. The van der Waals surface area contributed by atoms with Crippen molar-refractivity contribution in [3.63, 3.8) is 0 Å². The largest absolute Gasteiger partial charge is 0.480 e. The Kier molecular flexibility index (Phi) is 11.7. The van der Waals surface area contributed by atoms with Crippen molar-refractivity contribution in [2.75, 3.05) is 12.0 Å². The van der Waals surface area contributed by atoms with E-state index < -0.39 is 47.9 Å². The number of carbonyl (C=O) groups excluding carboxylic acids is 3. The minimum atomic E-state index is -1.23. The number of thioether (sulfide) groups is 1. The molecule has 3 amide bonds. The monoisotopic (exact) mass is 570 g/mol. The van der Waals surface area contributed by atoms with Crippen LogP contribution in [0.1, 0.15) is 23.4 Å². The van der Waals surface area contributed by atoms with Gasteiger partial charge in [-0.05, 0) is 24.0 Å². The molecule has 13 nitrogen and oxygen atoms in total. The van der Waals surface area contributed by atoms with Gasteiger partial charge in [0.15, 0.2) is 0 Å². The normalized spacial score (nSPS) is 13.9. The minimum absolute atomic E-state index is 0.00715. The summed E-state index contributed by atoms with van der Waals surface area (Å²) in [6, 6.07) is 4.59. The Morgan fingerprint density at radius 1 is 0.850 bits per heavy atom. The third-order valence-corrected chi connectivity index (χ3v) is 6.73. The zero-order chi connectivity index (χ0) is 28.9. The Morgan fingerprint density at radius 3 is 1.85 bits per heavy atom. The molecule has 0 aliphatic carbocycles. The first-order valence-electron chi connectivity index (χ1n) is 12.6. The second kappa shape index (κ2) is 15.4. The van der Waals surface area contributed by atoms with Crippen molar-refractivity contribution in [1.29, 1.82) is 0 Å². The molecule has 40 heavy (non-hydrogen) atoms. The maximum Gasteiger partial charge on any atom is 0.326 e. The Balaban J connectivity index is 1.77. The van der Waals surface area contributed by atoms with Crippen LogP contribution in [0.15, 0.2) is 55.4 Å². The highest BCUT2D eigenvalue weighted by Crippen LogP contribution is 2.07. The number of nitrogens with two attached hydrogens (primary N) is 1. The van der Waals surface area contributed by atoms with E-state index in [0.717, 1.165) is 5.56 Å². The molecule has 214 valence electrons. The smallest absolute Gasteiger partial charge is 0.326 e. The molecule has 0 saturated carbocycles. The van der Waals surface area contributed by atoms with Gasteiger partial charge in [-0.25, -0.2) is 14.8 Å². The molecule has 0 saturated heterocycles. The van der Waals surface area contributed by atoms with Gasteiger partial charge in [-0.3, -0.25) is 14.4 Å². The second-order valence-corrected chi connectivity index (χ2v) is 10.1. The molecular weight excluding hydrogens is 536 g/mol. The van der Waals surface area contributed by atoms with Gasteiger partial charge >= 0.3 is 5.97 Å². The Labute approximate surface area is 235 Å². The minimum Gasteiger partial charge on any atom is -0.480 e. The number of carboxylic acids is 1. The first-order valence-corrected chi connectivity index (χ1v) is 14.0. The summed E-state index contributed by atoms with van der Waals surface area (Å²) in [5.41, 5.74) is 7.86. The third-order valence-electron chi connectivity index (χ3n) is 6.09. The number of amides is 3. The number of carboxylic acid groups (broad SMARTS) is 1. The van der Waals surface area contributed by atoms with Gasteiger partial charge in [0.2, 0.25) is 17.7 Å². The lowest BCUT2D eigenvalue weighted by Gasteiger charge is -2.25. The summed E-state index contributed by atoms with van der Waals surface area (Å²) in [7, 11) is 0. The molecule has 3 aromatic rings. The van der Waals surface area contributed by atoms with Gasteiger partial charge in [-0.15, -0.1) is 0 Å². The highest BCUT2D eigenvalue weighted by atomic mass is 32.2. The number of aromatic amines is 2. The van der Waals surface area contributed by atoms with Crippen LogP contribution >= 0.6 is 11.8 Å².